The molecule has 0 saturated heterocycles. The van der Waals surface area contributed by atoms with Crippen molar-refractivity contribution in [2.45, 2.75) is 32.6 Å². The molecule has 7 heteroatoms. The maximum absolute atomic E-state index is 13.5. The number of carbonyl (C=O) groups excluding carboxylic acids is 1. The topological polar surface area (TPSA) is 77.2 Å². The molecule has 1 amide bonds. The van der Waals surface area contributed by atoms with Crippen molar-refractivity contribution in [3.63, 3.8) is 0 Å². The van der Waals surface area contributed by atoms with Gasteiger partial charge in [-0.05, 0) is 95.3 Å². The Morgan fingerprint density at radius 3 is 2.47 bits per heavy atom. The average Bonchev–Trinajstić information content (AvgIpc) is 3.40. The fourth-order valence-corrected chi connectivity index (χ4v) is 5.58. The van der Waals surface area contributed by atoms with Gasteiger partial charge < -0.3 is 15.8 Å². The molecule has 2 bridgehead atoms. The number of rotatable bonds is 4. The van der Waals surface area contributed by atoms with Crippen LogP contribution in [0.25, 0.3) is 11.1 Å². The summed E-state index contributed by atoms with van der Waals surface area (Å²) in [5.74, 6) is -0.0628. The Morgan fingerprint density at radius 2 is 1.72 bits per heavy atom. The van der Waals surface area contributed by atoms with Gasteiger partial charge in [0.1, 0.15) is 23.8 Å². The maximum atomic E-state index is 13.5. The van der Waals surface area contributed by atoms with Crippen molar-refractivity contribution < 1.29 is 13.9 Å². The summed E-state index contributed by atoms with van der Waals surface area (Å²) >= 11 is 6.31. The van der Waals surface area contributed by atoms with E-state index in [1.807, 2.05) is 50.2 Å². The van der Waals surface area contributed by atoms with Crippen LogP contribution in [0, 0.1) is 19.7 Å². The van der Waals surface area contributed by atoms with Crippen LogP contribution in [-0.4, -0.2) is 10.9 Å². The van der Waals surface area contributed by atoms with Crippen LogP contribution < -0.4 is 11.1 Å². The number of benzene rings is 3. The smallest absolute Gasteiger partial charge is 0.251 e. The minimum absolute atomic E-state index is 0.164. The van der Waals surface area contributed by atoms with Gasteiger partial charge in [-0.2, -0.15) is 0 Å². The van der Waals surface area contributed by atoms with Crippen molar-refractivity contribution in [1.29, 1.82) is 0 Å². The molecule has 4 aromatic rings. The first-order chi connectivity index (χ1) is 17.3. The molecule has 0 spiro atoms. The van der Waals surface area contributed by atoms with Gasteiger partial charge in [0.05, 0.1) is 5.02 Å². The van der Waals surface area contributed by atoms with Crippen LogP contribution in [0.5, 0.6) is 0 Å². The highest BCUT2D eigenvalue weighted by atomic mass is 35.5. The molecule has 0 saturated carbocycles. The van der Waals surface area contributed by atoms with Crippen LogP contribution >= 0.6 is 11.6 Å². The summed E-state index contributed by atoms with van der Waals surface area (Å²) in [5, 5.41) is 3.37. The van der Waals surface area contributed by atoms with Crippen LogP contribution in [0.15, 0.2) is 60.7 Å². The lowest BCUT2D eigenvalue weighted by Gasteiger charge is -2.18. The summed E-state index contributed by atoms with van der Waals surface area (Å²) in [6.45, 7) is 4.22. The molecule has 0 unspecified atom stereocenters. The van der Waals surface area contributed by atoms with E-state index in [4.69, 9.17) is 22.1 Å². The molecule has 0 fully saturated rings. The van der Waals surface area contributed by atoms with Gasteiger partial charge in [0.15, 0.2) is 0 Å². The maximum Gasteiger partial charge on any atom is 0.251 e. The highest BCUT2D eigenvalue weighted by molar-refractivity contribution is 6.33. The van der Waals surface area contributed by atoms with Crippen molar-refractivity contribution in [2.24, 2.45) is 0 Å². The molecule has 2 atom stereocenters. The molecular formula is C29H23ClFN3O2. The molecule has 0 aliphatic carbocycles. The number of ether oxygens (including phenoxy) is 1. The highest BCUT2D eigenvalue weighted by Crippen LogP contribution is 2.55. The first-order valence-corrected chi connectivity index (χ1v) is 12.1. The van der Waals surface area contributed by atoms with E-state index < -0.39 is 0 Å². The number of anilines is 1. The number of amides is 1. The predicted octanol–water partition coefficient (Wildman–Crippen LogP) is 6.19. The van der Waals surface area contributed by atoms with E-state index in [-0.39, 0.29) is 23.9 Å². The molecular weight excluding hydrogens is 477 g/mol. The van der Waals surface area contributed by atoms with Crippen molar-refractivity contribution in [1.82, 2.24) is 10.3 Å². The van der Waals surface area contributed by atoms with Gasteiger partial charge in [0.2, 0.25) is 0 Å². The Morgan fingerprint density at radius 1 is 1.00 bits per heavy atom. The summed E-state index contributed by atoms with van der Waals surface area (Å²) in [4.78, 5) is 17.3. The van der Waals surface area contributed by atoms with E-state index in [0.29, 0.717) is 22.9 Å². The van der Waals surface area contributed by atoms with Gasteiger partial charge in [0.25, 0.3) is 5.91 Å². The number of halogens is 2. The zero-order valence-corrected chi connectivity index (χ0v) is 20.5. The third kappa shape index (κ3) is 3.65. The van der Waals surface area contributed by atoms with Crippen molar-refractivity contribution in [2.75, 3.05) is 5.73 Å². The largest absolute Gasteiger partial charge is 0.384 e. The number of nitrogens with one attached hydrogen (secondary N) is 1. The lowest BCUT2D eigenvalue weighted by Crippen LogP contribution is -2.24. The zero-order valence-electron chi connectivity index (χ0n) is 19.7. The Bertz CT molecular complexity index is 1550. The number of nitrogens with two attached hydrogens (primary N) is 1. The Labute approximate surface area is 213 Å². The fraction of sp³-hybridized carbons (Fsp3) is 0.172. The molecule has 2 aliphatic rings. The molecule has 0 radical (unpaired) electrons. The zero-order chi connectivity index (χ0) is 25.1. The molecule has 3 aromatic carbocycles. The third-order valence-corrected chi connectivity index (χ3v) is 7.39. The third-order valence-electron chi connectivity index (χ3n) is 7.08. The summed E-state index contributed by atoms with van der Waals surface area (Å²) in [5.41, 5.74) is 15.0. The Hall–Kier alpha value is -3.74. The van der Waals surface area contributed by atoms with E-state index in [2.05, 4.69) is 16.4 Å². The van der Waals surface area contributed by atoms with Gasteiger partial charge in [-0.1, -0.05) is 29.8 Å². The molecule has 6 rings (SSSR count). The molecule has 36 heavy (non-hydrogen) atoms. The number of aryl methyl sites for hydroxylation is 2. The Kier molecular flexibility index (Phi) is 5.32. The van der Waals surface area contributed by atoms with Crippen molar-refractivity contribution in [3.05, 3.63) is 116 Å². The highest BCUT2D eigenvalue weighted by Gasteiger charge is 2.43. The second-order valence-electron chi connectivity index (χ2n) is 9.32. The first kappa shape index (κ1) is 22.7. The average molecular weight is 500 g/mol. The normalized spacial score (nSPS) is 17.1. The number of nitrogens with zero attached hydrogens (tertiary/aromatic N) is 1. The van der Waals surface area contributed by atoms with Crippen LogP contribution in [0.4, 0.5) is 10.2 Å². The van der Waals surface area contributed by atoms with Crippen molar-refractivity contribution >= 4 is 23.3 Å². The van der Waals surface area contributed by atoms with Crippen LogP contribution in [0.3, 0.4) is 0 Å². The van der Waals surface area contributed by atoms with Crippen LogP contribution in [0.1, 0.15) is 61.6 Å². The second-order valence-corrected chi connectivity index (χ2v) is 9.73. The molecule has 2 aliphatic heterocycles. The summed E-state index contributed by atoms with van der Waals surface area (Å²) in [6, 6.07) is 18.0. The quantitative estimate of drug-likeness (QED) is 0.351. The van der Waals surface area contributed by atoms with E-state index in [1.54, 1.807) is 6.07 Å². The number of pyridine rings is 1. The summed E-state index contributed by atoms with van der Waals surface area (Å²) in [7, 11) is 0. The Balaban J connectivity index is 1.27. The molecule has 5 nitrogen and oxygen atoms in total. The number of nitrogen functional groups attached to an aromatic ring is 1. The van der Waals surface area contributed by atoms with E-state index in [0.717, 1.165) is 50.2 Å². The van der Waals surface area contributed by atoms with Crippen LogP contribution in [-0.2, 0) is 11.3 Å². The van der Waals surface area contributed by atoms with Gasteiger partial charge in [-0.15, -0.1) is 0 Å². The number of hydrogen-bond donors (Lipinski definition) is 2. The molecule has 3 heterocycles. The lowest BCUT2D eigenvalue weighted by atomic mass is 9.84. The predicted molar refractivity (Wildman–Crippen MR) is 137 cm³/mol. The number of hydrogen-bond acceptors (Lipinski definition) is 4. The summed E-state index contributed by atoms with van der Waals surface area (Å²) < 4.78 is 19.9. The van der Waals surface area contributed by atoms with Gasteiger partial charge in [0, 0.05) is 23.4 Å². The SMILES string of the molecule is Cc1cc(N)nc(C)c1CNC(=O)c1ccc2c(c1)[C@@H]1O[C@H]2c2ccc(-c3ccc(F)cc3Cl)cc21. The molecule has 180 valence electrons. The van der Waals surface area contributed by atoms with Gasteiger partial charge >= 0.3 is 0 Å². The molecule has 1 aromatic heterocycles. The van der Waals surface area contributed by atoms with E-state index in [9.17, 15) is 9.18 Å². The minimum Gasteiger partial charge on any atom is -0.384 e. The standard InChI is InChI=1S/C29H23ClFN3O2/c1-14-9-26(32)34-15(2)24(14)13-33-29(35)17-4-7-21-23(11-17)28-22-10-16(3-6-20(22)27(21)36-28)19-8-5-18(31)12-25(19)30/h3-12,27-28H,13H2,1-2H3,(H2,32,34)(H,33,35)/t27-,28+/m0/s1. The van der Waals surface area contributed by atoms with E-state index >= 15 is 0 Å². The van der Waals surface area contributed by atoms with Crippen molar-refractivity contribution in [3.8, 4) is 11.1 Å². The first-order valence-electron chi connectivity index (χ1n) is 11.7. The summed E-state index contributed by atoms with van der Waals surface area (Å²) in [6.07, 6.45) is -0.432. The molecule has 3 N–H and O–H groups in total. The van der Waals surface area contributed by atoms with E-state index in [1.165, 1.54) is 12.1 Å². The number of fused-ring (bicyclic) bond motifs is 8. The minimum atomic E-state index is -0.370. The van der Waals surface area contributed by atoms with Gasteiger partial charge in [-0.25, -0.2) is 9.37 Å². The second kappa shape index (κ2) is 8.43. The number of aromatic nitrogens is 1. The van der Waals surface area contributed by atoms with Gasteiger partial charge in [-0.3, -0.25) is 4.79 Å². The number of carbonyl (C=O) groups is 1. The monoisotopic (exact) mass is 499 g/mol. The van der Waals surface area contributed by atoms with Crippen LogP contribution in [0.2, 0.25) is 5.02 Å². The lowest BCUT2D eigenvalue weighted by molar-refractivity contribution is 0.0857. The fourth-order valence-electron chi connectivity index (χ4n) is 5.30.